The fourth-order valence-electron chi connectivity index (χ4n) is 4.02. The van der Waals surface area contributed by atoms with E-state index in [1.807, 2.05) is 14.7 Å². The number of aromatic nitrogens is 1. The van der Waals surface area contributed by atoms with Crippen molar-refractivity contribution < 1.29 is 14.4 Å². The minimum Gasteiger partial charge on any atom is -0.343 e. The highest BCUT2D eigenvalue weighted by Crippen LogP contribution is 2.28. The Kier molecular flexibility index (Phi) is 6.92. The van der Waals surface area contributed by atoms with Crippen molar-refractivity contribution in [1.29, 1.82) is 0 Å². The molecule has 0 spiro atoms. The number of amides is 4. The summed E-state index contributed by atoms with van der Waals surface area (Å²) in [6.45, 7) is 5.83. The molecular formula is C18H26BrN5O3S. The van der Waals surface area contributed by atoms with Crippen molar-refractivity contribution in [2.24, 2.45) is 0 Å². The van der Waals surface area contributed by atoms with Crippen LogP contribution in [0, 0.1) is 0 Å². The first kappa shape index (κ1) is 21.0. The van der Waals surface area contributed by atoms with Crippen molar-refractivity contribution in [2.45, 2.75) is 51.6 Å². The molecule has 3 heterocycles. The Morgan fingerprint density at radius 1 is 1.04 bits per heavy atom. The van der Waals surface area contributed by atoms with Gasteiger partial charge in [0.2, 0.25) is 11.8 Å². The van der Waals surface area contributed by atoms with E-state index in [9.17, 15) is 14.4 Å². The third-order valence-corrected chi connectivity index (χ3v) is 6.92. The molecule has 2 aliphatic heterocycles. The molecule has 154 valence electrons. The molecular weight excluding hydrogens is 446 g/mol. The predicted octanol–water partition coefficient (Wildman–Crippen LogP) is 2.76. The van der Waals surface area contributed by atoms with Crippen molar-refractivity contribution in [2.75, 3.05) is 31.5 Å². The first-order valence-corrected chi connectivity index (χ1v) is 11.2. The predicted molar refractivity (Wildman–Crippen MR) is 111 cm³/mol. The van der Waals surface area contributed by atoms with Gasteiger partial charge in [0.05, 0.1) is 9.98 Å². The van der Waals surface area contributed by atoms with Crippen molar-refractivity contribution >= 4 is 50.2 Å². The van der Waals surface area contributed by atoms with E-state index in [0.717, 1.165) is 29.5 Å². The van der Waals surface area contributed by atoms with Crippen LogP contribution in [0.3, 0.4) is 0 Å². The lowest BCUT2D eigenvalue weighted by molar-refractivity contribution is -0.130. The molecule has 0 saturated carbocycles. The number of halogens is 1. The zero-order valence-electron chi connectivity index (χ0n) is 16.2. The van der Waals surface area contributed by atoms with Gasteiger partial charge in [-0.25, -0.2) is 9.78 Å². The largest absolute Gasteiger partial charge is 0.343 e. The second-order valence-corrected chi connectivity index (χ2v) is 9.69. The van der Waals surface area contributed by atoms with Crippen LogP contribution in [-0.4, -0.2) is 75.8 Å². The van der Waals surface area contributed by atoms with Gasteiger partial charge in [-0.2, -0.15) is 0 Å². The molecule has 1 aromatic rings. The highest BCUT2D eigenvalue weighted by atomic mass is 79.9. The molecule has 0 bridgehead atoms. The Labute approximate surface area is 177 Å². The molecule has 1 aromatic heterocycles. The van der Waals surface area contributed by atoms with Gasteiger partial charge in [0.1, 0.15) is 0 Å². The molecule has 0 atom stereocenters. The molecule has 1 N–H and O–H groups in total. The molecule has 28 heavy (non-hydrogen) atoms. The zero-order chi connectivity index (χ0) is 20.3. The van der Waals surface area contributed by atoms with Gasteiger partial charge in [-0.1, -0.05) is 11.3 Å². The number of anilines is 1. The minimum atomic E-state index is -0.149. The smallest absolute Gasteiger partial charge is 0.324 e. The Balaban J connectivity index is 1.71. The molecule has 2 fully saturated rings. The van der Waals surface area contributed by atoms with Crippen LogP contribution in [0.25, 0.3) is 0 Å². The van der Waals surface area contributed by atoms with E-state index in [1.54, 1.807) is 20.0 Å². The molecule has 0 unspecified atom stereocenters. The number of nitrogens with one attached hydrogen (secondary N) is 1. The highest BCUT2D eigenvalue weighted by Gasteiger charge is 2.36. The average molecular weight is 472 g/mol. The van der Waals surface area contributed by atoms with E-state index >= 15 is 0 Å². The monoisotopic (exact) mass is 471 g/mol. The fraction of sp³-hybridized carbons (Fsp3) is 0.667. The quantitative estimate of drug-likeness (QED) is 0.733. The van der Waals surface area contributed by atoms with E-state index < -0.39 is 0 Å². The van der Waals surface area contributed by atoms with Gasteiger partial charge in [-0.15, -0.1) is 0 Å². The number of likely N-dealkylation sites (tertiary alicyclic amines) is 2. The molecule has 10 heteroatoms. The molecule has 2 saturated heterocycles. The van der Waals surface area contributed by atoms with Crippen LogP contribution in [0.1, 0.15) is 39.5 Å². The molecule has 3 rings (SSSR count). The van der Waals surface area contributed by atoms with Crippen LogP contribution in [0.15, 0.2) is 9.98 Å². The summed E-state index contributed by atoms with van der Waals surface area (Å²) in [7, 11) is 0. The molecule has 0 aromatic carbocycles. The maximum absolute atomic E-state index is 13.2. The molecule has 8 nitrogen and oxygen atoms in total. The summed E-state index contributed by atoms with van der Waals surface area (Å²) in [4.78, 5) is 46.3. The van der Waals surface area contributed by atoms with Gasteiger partial charge < -0.3 is 14.7 Å². The first-order valence-electron chi connectivity index (χ1n) is 9.57. The van der Waals surface area contributed by atoms with Crippen molar-refractivity contribution in [3.63, 3.8) is 0 Å². The third kappa shape index (κ3) is 5.02. The van der Waals surface area contributed by atoms with E-state index in [-0.39, 0.29) is 29.9 Å². The Hall–Kier alpha value is -1.68. The van der Waals surface area contributed by atoms with E-state index in [0.29, 0.717) is 31.3 Å². The van der Waals surface area contributed by atoms with Crippen LogP contribution in [0.2, 0.25) is 0 Å². The number of nitrogens with zero attached hydrogens (tertiary/aromatic N) is 4. The number of carbonyl (C=O) groups is 3. The lowest BCUT2D eigenvalue weighted by atomic mass is 9.96. The van der Waals surface area contributed by atoms with Gasteiger partial charge in [0, 0.05) is 52.1 Å². The summed E-state index contributed by atoms with van der Waals surface area (Å²) < 4.78 is 0.860. The number of urea groups is 1. The minimum absolute atomic E-state index is 0.0767. The maximum Gasteiger partial charge on any atom is 0.324 e. The summed E-state index contributed by atoms with van der Waals surface area (Å²) in [5, 5.41) is 3.49. The van der Waals surface area contributed by atoms with E-state index in [2.05, 4.69) is 26.2 Å². The van der Waals surface area contributed by atoms with Crippen molar-refractivity contribution in [3.05, 3.63) is 9.98 Å². The Morgan fingerprint density at radius 3 is 1.86 bits per heavy atom. The SMILES string of the molecule is CC(=O)N1CCC(N(C(=O)Nc2ncc(Br)s2)C2CCN(C(C)=O)CC2)CC1. The van der Waals surface area contributed by atoms with Gasteiger partial charge in [0.15, 0.2) is 5.13 Å². The van der Waals surface area contributed by atoms with Crippen LogP contribution >= 0.6 is 27.3 Å². The van der Waals surface area contributed by atoms with Crippen LogP contribution in [-0.2, 0) is 9.59 Å². The van der Waals surface area contributed by atoms with Gasteiger partial charge >= 0.3 is 6.03 Å². The van der Waals surface area contributed by atoms with Crippen LogP contribution in [0.5, 0.6) is 0 Å². The second kappa shape index (κ2) is 9.21. The maximum atomic E-state index is 13.2. The normalized spacial score (nSPS) is 18.8. The van der Waals surface area contributed by atoms with Gasteiger partial charge in [0.25, 0.3) is 0 Å². The summed E-state index contributed by atoms with van der Waals surface area (Å²) >= 11 is 4.75. The number of carbonyl (C=O) groups excluding carboxylic acids is 3. The first-order chi connectivity index (χ1) is 13.3. The summed E-state index contributed by atoms with van der Waals surface area (Å²) in [6.07, 6.45) is 4.73. The summed E-state index contributed by atoms with van der Waals surface area (Å²) in [5.41, 5.74) is 0. The van der Waals surface area contributed by atoms with Crippen LogP contribution in [0.4, 0.5) is 9.93 Å². The van der Waals surface area contributed by atoms with Crippen molar-refractivity contribution in [3.8, 4) is 0 Å². The molecule has 0 aliphatic carbocycles. The Bertz CT molecular complexity index is 693. The zero-order valence-corrected chi connectivity index (χ0v) is 18.6. The molecule has 0 radical (unpaired) electrons. The standard InChI is InChI=1S/C18H26BrN5O3S/c1-12(25)22-7-3-14(4-8-22)24(15-5-9-23(10-6-15)13(2)26)18(27)21-17-20-11-16(19)28-17/h11,14-15H,3-10H2,1-2H3,(H,20,21,27). The number of thiazole rings is 1. The highest BCUT2D eigenvalue weighted by molar-refractivity contribution is 9.11. The van der Waals surface area contributed by atoms with E-state index in [1.165, 1.54) is 11.3 Å². The molecule has 2 aliphatic rings. The fourth-order valence-corrected chi connectivity index (χ4v) is 5.11. The lowest BCUT2D eigenvalue weighted by Crippen LogP contribution is -2.56. The van der Waals surface area contributed by atoms with E-state index in [4.69, 9.17) is 0 Å². The van der Waals surface area contributed by atoms with Crippen LogP contribution < -0.4 is 5.32 Å². The topological polar surface area (TPSA) is 85.8 Å². The third-order valence-electron chi connectivity index (χ3n) is 5.53. The number of hydrogen-bond donors (Lipinski definition) is 1. The number of hydrogen-bond acceptors (Lipinski definition) is 5. The molecule has 4 amide bonds. The summed E-state index contributed by atoms with van der Waals surface area (Å²) in [5.74, 6) is 0.161. The Morgan fingerprint density at radius 2 is 1.50 bits per heavy atom. The van der Waals surface area contributed by atoms with Crippen molar-refractivity contribution in [1.82, 2.24) is 19.7 Å². The number of rotatable bonds is 3. The average Bonchev–Trinajstić information content (AvgIpc) is 3.07. The lowest BCUT2D eigenvalue weighted by Gasteiger charge is -2.44. The van der Waals surface area contributed by atoms with Gasteiger partial charge in [-0.3, -0.25) is 14.9 Å². The van der Waals surface area contributed by atoms with Gasteiger partial charge in [-0.05, 0) is 41.6 Å². The second-order valence-electron chi connectivity index (χ2n) is 7.28. The summed E-state index contributed by atoms with van der Waals surface area (Å²) in [6, 6.07) is 0.00478. The number of piperidine rings is 2.